The number of hydrogen-bond donors (Lipinski definition) is 1. The van der Waals surface area contributed by atoms with E-state index in [-0.39, 0.29) is 12.0 Å². The Morgan fingerprint density at radius 3 is 2.03 bits per heavy atom. The van der Waals surface area contributed by atoms with Crippen molar-refractivity contribution < 1.29 is 28.8 Å². The van der Waals surface area contributed by atoms with Gasteiger partial charge in [0.1, 0.15) is 12.4 Å². The summed E-state index contributed by atoms with van der Waals surface area (Å²) < 4.78 is 22.7. The van der Waals surface area contributed by atoms with Crippen molar-refractivity contribution in [3.05, 3.63) is 83.4 Å². The molecule has 0 spiro atoms. The monoisotopic (exact) mass is 491 g/mol. The van der Waals surface area contributed by atoms with Gasteiger partial charge in [0.2, 0.25) is 5.75 Å². The molecule has 190 valence electrons. The van der Waals surface area contributed by atoms with Crippen LogP contribution in [-0.4, -0.2) is 50.4 Å². The number of carbonyl (C=O) groups is 1. The summed E-state index contributed by atoms with van der Waals surface area (Å²) in [4.78, 5) is 13.8. The molecule has 1 heterocycles. The molecular formula is C29H33NO6. The maximum atomic E-state index is 11.5. The lowest BCUT2D eigenvalue weighted by Crippen LogP contribution is -2.39. The third kappa shape index (κ3) is 5.74. The third-order valence-electron chi connectivity index (χ3n) is 6.69. The van der Waals surface area contributed by atoms with Crippen LogP contribution in [0.4, 0.5) is 0 Å². The van der Waals surface area contributed by atoms with Crippen molar-refractivity contribution >= 4 is 5.97 Å². The van der Waals surface area contributed by atoms with Gasteiger partial charge in [-0.05, 0) is 66.9 Å². The first-order chi connectivity index (χ1) is 17.5. The Balaban J connectivity index is 1.64. The Kier molecular flexibility index (Phi) is 8.33. The van der Waals surface area contributed by atoms with Gasteiger partial charge in [-0.25, -0.2) is 0 Å². The first kappa shape index (κ1) is 25.4. The van der Waals surface area contributed by atoms with Crippen LogP contribution in [-0.2, 0) is 11.4 Å². The second-order valence-corrected chi connectivity index (χ2v) is 8.85. The highest BCUT2D eigenvalue weighted by molar-refractivity contribution is 5.70. The Morgan fingerprint density at radius 1 is 0.889 bits per heavy atom. The number of aliphatic carboxylic acids is 1. The largest absolute Gasteiger partial charge is 0.493 e. The smallest absolute Gasteiger partial charge is 0.306 e. The first-order valence-electron chi connectivity index (χ1n) is 12.1. The molecule has 0 aromatic heterocycles. The van der Waals surface area contributed by atoms with Crippen molar-refractivity contribution in [2.24, 2.45) is 5.92 Å². The van der Waals surface area contributed by atoms with Crippen molar-refractivity contribution in [3.63, 3.8) is 0 Å². The number of likely N-dealkylation sites (tertiary alicyclic amines) is 1. The van der Waals surface area contributed by atoms with Crippen LogP contribution in [0, 0.1) is 5.92 Å². The van der Waals surface area contributed by atoms with Crippen molar-refractivity contribution in [1.82, 2.24) is 4.90 Å². The molecule has 1 saturated heterocycles. The van der Waals surface area contributed by atoms with Gasteiger partial charge >= 0.3 is 5.97 Å². The number of carboxylic acid groups (broad SMARTS) is 1. The van der Waals surface area contributed by atoms with E-state index in [0.717, 1.165) is 22.4 Å². The van der Waals surface area contributed by atoms with Crippen LogP contribution >= 0.6 is 0 Å². The van der Waals surface area contributed by atoms with E-state index in [1.807, 2.05) is 54.6 Å². The van der Waals surface area contributed by atoms with Gasteiger partial charge in [-0.15, -0.1) is 0 Å². The third-order valence-corrected chi connectivity index (χ3v) is 6.69. The van der Waals surface area contributed by atoms with Crippen LogP contribution in [0.15, 0.2) is 66.7 Å². The minimum atomic E-state index is -0.723. The number of rotatable bonds is 10. The molecule has 36 heavy (non-hydrogen) atoms. The molecule has 1 fully saturated rings. The van der Waals surface area contributed by atoms with Gasteiger partial charge in [-0.1, -0.05) is 42.5 Å². The van der Waals surface area contributed by atoms with Gasteiger partial charge in [-0.2, -0.15) is 0 Å². The molecule has 0 aliphatic carbocycles. The topological polar surface area (TPSA) is 77.5 Å². The van der Waals surface area contributed by atoms with Crippen molar-refractivity contribution in [1.29, 1.82) is 0 Å². The van der Waals surface area contributed by atoms with Crippen molar-refractivity contribution in [2.75, 3.05) is 34.4 Å². The van der Waals surface area contributed by atoms with Crippen LogP contribution in [0.25, 0.3) is 0 Å². The van der Waals surface area contributed by atoms with E-state index in [9.17, 15) is 9.90 Å². The fraction of sp³-hybridized carbons (Fsp3) is 0.345. The normalized spacial score (nSPS) is 15.2. The molecule has 0 saturated carbocycles. The molecule has 7 heteroatoms. The number of nitrogens with zero attached hydrogens (tertiary/aromatic N) is 1. The fourth-order valence-electron chi connectivity index (χ4n) is 4.77. The second-order valence-electron chi connectivity index (χ2n) is 8.85. The quantitative estimate of drug-likeness (QED) is 0.419. The minimum absolute atomic E-state index is 0.114. The number of benzene rings is 3. The summed E-state index contributed by atoms with van der Waals surface area (Å²) in [6.45, 7) is 1.84. The predicted octanol–water partition coefficient (Wildman–Crippen LogP) is 5.18. The fourth-order valence-corrected chi connectivity index (χ4v) is 4.77. The zero-order valence-corrected chi connectivity index (χ0v) is 21.0. The highest BCUT2D eigenvalue weighted by Gasteiger charge is 2.31. The summed E-state index contributed by atoms with van der Waals surface area (Å²) in [7, 11) is 4.79. The second kappa shape index (κ2) is 11.8. The number of hydrogen-bond acceptors (Lipinski definition) is 6. The summed E-state index contributed by atoms with van der Waals surface area (Å²) >= 11 is 0. The highest BCUT2D eigenvalue weighted by Crippen LogP contribution is 2.43. The van der Waals surface area contributed by atoms with E-state index in [1.54, 1.807) is 21.3 Å². The van der Waals surface area contributed by atoms with E-state index in [0.29, 0.717) is 49.8 Å². The zero-order chi connectivity index (χ0) is 25.5. The van der Waals surface area contributed by atoms with E-state index >= 15 is 0 Å². The molecule has 7 nitrogen and oxygen atoms in total. The molecule has 3 aromatic rings. The lowest BCUT2D eigenvalue weighted by molar-refractivity contribution is -0.143. The highest BCUT2D eigenvalue weighted by atomic mass is 16.5. The minimum Gasteiger partial charge on any atom is -0.493 e. The molecule has 1 unspecified atom stereocenters. The molecule has 0 bridgehead atoms. The van der Waals surface area contributed by atoms with Crippen molar-refractivity contribution in [2.45, 2.75) is 25.5 Å². The molecule has 4 rings (SSSR count). The first-order valence-corrected chi connectivity index (χ1v) is 12.1. The van der Waals surface area contributed by atoms with Gasteiger partial charge in [0.05, 0.1) is 33.3 Å². The summed E-state index contributed by atoms with van der Waals surface area (Å²) in [5, 5.41) is 9.48. The number of piperidine rings is 1. The van der Waals surface area contributed by atoms with Gasteiger partial charge in [-0.3, -0.25) is 9.69 Å². The van der Waals surface area contributed by atoms with Crippen LogP contribution in [0.1, 0.15) is 35.6 Å². The molecule has 3 aromatic carbocycles. The summed E-state index contributed by atoms with van der Waals surface area (Å²) in [6.07, 6.45) is 1.21. The van der Waals surface area contributed by atoms with E-state index in [1.165, 1.54) is 0 Å². The lowest BCUT2D eigenvalue weighted by atomic mass is 9.91. The molecule has 1 aliphatic heterocycles. The summed E-state index contributed by atoms with van der Waals surface area (Å²) in [5.74, 6) is 1.46. The molecule has 0 radical (unpaired) electrons. The SMILES string of the molecule is COc1cc(C(c2ccc(OCc3ccccc3)cc2)N2CCC(C(=O)O)CC2)cc(OC)c1OC. The Hall–Kier alpha value is -3.71. The van der Waals surface area contributed by atoms with E-state index in [4.69, 9.17) is 18.9 Å². The van der Waals surface area contributed by atoms with Crippen LogP contribution in [0.3, 0.4) is 0 Å². The van der Waals surface area contributed by atoms with Gasteiger partial charge in [0.25, 0.3) is 0 Å². The maximum absolute atomic E-state index is 11.5. The molecule has 1 aliphatic rings. The van der Waals surface area contributed by atoms with Crippen molar-refractivity contribution in [3.8, 4) is 23.0 Å². The van der Waals surface area contributed by atoms with Gasteiger partial charge in [0, 0.05) is 0 Å². The van der Waals surface area contributed by atoms with Gasteiger partial charge in [0.15, 0.2) is 11.5 Å². The Bertz CT molecular complexity index is 1120. The molecule has 0 amide bonds. The molecule has 1 N–H and O–H groups in total. The maximum Gasteiger partial charge on any atom is 0.306 e. The van der Waals surface area contributed by atoms with Crippen LogP contribution in [0.2, 0.25) is 0 Å². The van der Waals surface area contributed by atoms with E-state index < -0.39 is 5.97 Å². The zero-order valence-electron chi connectivity index (χ0n) is 21.0. The van der Waals surface area contributed by atoms with E-state index in [2.05, 4.69) is 17.0 Å². The van der Waals surface area contributed by atoms with Crippen LogP contribution < -0.4 is 18.9 Å². The molecular weight excluding hydrogens is 458 g/mol. The Labute approximate surface area is 212 Å². The number of carboxylic acids is 1. The molecule has 1 atom stereocenters. The summed E-state index contributed by atoms with van der Waals surface area (Å²) in [6, 6.07) is 22.0. The Morgan fingerprint density at radius 2 is 1.50 bits per heavy atom. The standard InChI is InChI=1S/C29H33NO6/c1-33-25-17-23(18-26(34-2)28(25)35-3)27(30-15-13-22(14-16-30)29(31)32)21-9-11-24(12-10-21)36-19-20-7-5-4-6-8-20/h4-12,17-18,22,27H,13-16,19H2,1-3H3,(H,31,32). The average molecular weight is 492 g/mol. The predicted molar refractivity (Wildman–Crippen MR) is 137 cm³/mol. The number of methoxy groups -OCH3 is 3. The average Bonchev–Trinajstić information content (AvgIpc) is 2.93. The van der Waals surface area contributed by atoms with Gasteiger partial charge < -0.3 is 24.1 Å². The lowest BCUT2D eigenvalue weighted by Gasteiger charge is -2.37. The van der Waals surface area contributed by atoms with Crippen LogP contribution in [0.5, 0.6) is 23.0 Å². The number of ether oxygens (including phenoxy) is 4. The summed E-state index contributed by atoms with van der Waals surface area (Å²) in [5.41, 5.74) is 3.17.